The van der Waals surface area contributed by atoms with Crippen molar-refractivity contribution < 1.29 is 14.0 Å². The Morgan fingerprint density at radius 3 is 2.79 bits per heavy atom. The van der Waals surface area contributed by atoms with Crippen LogP contribution < -0.4 is 5.32 Å². The highest BCUT2D eigenvalue weighted by molar-refractivity contribution is 6.35. The molecule has 1 N–H and O–H groups in total. The Bertz CT molecular complexity index is 812. The second-order valence-corrected chi connectivity index (χ2v) is 6.86. The van der Waals surface area contributed by atoms with Crippen molar-refractivity contribution in [2.75, 3.05) is 13.1 Å². The molecule has 2 aromatic rings. The minimum Gasteiger partial charge on any atom is -0.449 e. The van der Waals surface area contributed by atoms with Gasteiger partial charge < -0.3 is 14.6 Å². The van der Waals surface area contributed by atoms with Crippen LogP contribution in [0.3, 0.4) is 0 Å². The first-order valence-corrected chi connectivity index (χ1v) is 8.50. The molecule has 0 spiro atoms. The number of fused-ring (bicyclic) bond motifs is 1. The van der Waals surface area contributed by atoms with E-state index in [0.29, 0.717) is 17.2 Å². The smallest absolute Gasteiger partial charge is 0.287 e. The predicted molar refractivity (Wildman–Crippen MR) is 93.4 cm³/mol. The van der Waals surface area contributed by atoms with E-state index >= 15 is 0 Å². The van der Waals surface area contributed by atoms with E-state index in [2.05, 4.69) is 5.32 Å². The molecule has 2 heterocycles. The van der Waals surface area contributed by atoms with Crippen molar-refractivity contribution in [3.05, 3.63) is 34.0 Å². The molecular weight excluding hydrogens is 328 g/mol. The summed E-state index contributed by atoms with van der Waals surface area (Å²) in [6.07, 6.45) is 1.74. The summed E-state index contributed by atoms with van der Waals surface area (Å²) in [5.41, 5.74) is 2.35. The molecule has 0 radical (unpaired) electrons. The van der Waals surface area contributed by atoms with Gasteiger partial charge in [0.1, 0.15) is 0 Å². The van der Waals surface area contributed by atoms with Crippen LogP contribution in [0.15, 0.2) is 16.5 Å². The number of furan rings is 1. The Labute approximate surface area is 145 Å². The molecule has 1 fully saturated rings. The summed E-state index contributed by atoms with van der Waals surface area (Å²) in [5, 5.41) is 4.35. The van der Waals surface area contributed by atoms with Gasteiger partial charge in [-0.25, -0.2) is 0 Å². The summed E-state index contributed by atoms with van der Waals surface area (Å²) >= 11 is 6.23. The molecule has 24 heavy (non-hydrogen) atoms. The van der Waals surface area contributed by atoms with Crippen LogP contribution in [0.5, 0.6) is 0 Å². The van der Waals surface area contributed by atoms with Crippen molar-refractivity contribution in [2.45, 2.75) is 39.7 Å². The van der Waals surface area contributed by atoms with Gasteiger partial charge in [0.25, 0.3) is 5.91 Å². The Morgan fingerprint density at radius 2 is 2.08 bits per heavy atom. The molecular formula is C18H21ClN2O3. The number of rotatable bonds is 2. The zero-order chi connectivity index (χ0) is 17.4. The number of hydrogen-bond donors (Lipinski definition) is 1. The molecule has 1 aliphatic heterocycles. The number of nitrogens with one attached hydrogen (secondary N) is 1. The summed E-state index contributed by atoms with van der Waals surface area (Å²) in [5.74, 6) is 0.0707. The first-order chi connectivity index (χ1) is 11.4. The highest BCUT2D eigenvalue weighted by atomic mass is 35.5. The van der Waals surface area contributed by atoms with Crippen LogP contribution in [0.4, 0.5) is 0 Å². The molecule has 5 nitrogen and oxygen atoms in total. The lowest BCUT2D eigenvalue weighted by Crippen LogP contribution is -2.49. The zero-order valence-corrected chi connectivity index (χ0v) is 14.9. The number of nitrogens with zero attached hydrogens (tertiary/aromatic N) is 1. The summed E-state index contributed by atoms with van der Waals surface area (Å²) in [4.78, 5) is 25.9. The number of carbonyl (C=O) groups is 2. The van der Waals surface area contributed by atoms with E-state index in [1.807, 2.05) is 26.0 Å². The predicted octanol–water partition coefficient (Wildman–Crippen LogP) is 3.44. The Balaban J connectivity index is 1.83. The Hall–Kier alpha value is -2.01. The fraction of sp³-hybridized carbons (Fsp3) is 0.444. The minimum atomic E-state index is -0.257. The first kappa shape index (κ1) is 16.8. The van der Waals surface area contributed by atoms with Gasteiger partial charge in [0.15, 0.2) is 11.3 Å². The molecule has 0 aliphatic carbocycles. The third-order valence-electron chi connectivity index (χ3n) is 4.54. The molecule has 1 aromatic heterocycles. The standard InChI is InChI=1S/C18H21ClN2O3/c1-10-7-14-11(2)16(24-17(14)15(19)8-10)18(23)20-13-5-4-6-21(9-13)12(3)22/h7-8,13H,4-6,9H2,1-3H3,(H,20,23)/t13-/m0/s1. The minimum absolute atomic E-state index is 0.0381. The number of halogens is 1. The lowest BCUT2D eigenvalue weighted by atomic mass is 10.0. The molecule has 0 saturated carbocycles. The SMILES string of the molecule is CC(=O)N1CCC[C@H](NC(=O)c2oc3c(Cl)cc(C)cc3c2C)C1. The number of hydrogen-bond acceptors (Lipinski definition) is 3. The monoisotopic (exact) mass is 348 g/mol. The maximum atomic E-state index is 12.6. The first-order valence-electron chi connectivity index (χ1n) is 8.12. The van der Waals surface area contributed by atoms with Crippen molar-refractivity contribution in [1.82, 2.24) is 10.2 Å². The van der Waals surface area contributed by atoms with Gasteiger partial charge in [-0.15, -0.1) is 0 Å². The van der Waals surface area contributed by atoms with Crippen molar-refractivity contribution in [3.63, 3.8) is 0 Å². The normalized spacial score (nSPS) is 18.0. The topological polar surface area (TPSA) is 62.6 Å². The Kier molecular flexibility index (Phi) is 4.54. The van der Waals surface area contributed by atoms with Crippen LogP contribution in [-0.4, -0.2) is 35.8 Å². The van der Waals surface area contributed by atoms with E-state index < -0.39 is 0 Å². The van der Waals surface area contributed by atoms with Gasteiger partial charge in [-0.3, -0.25) is 9.59 Å². The molecule has 2 amide bonds. The van der Waals surface area contributed by atoms with Crippen LogP contribution >= 0.6 is 11.6 Å². The van der Waals surface area contributed by atoms with E-state index in [4.69, 9.17) is 16.0 Å². The summed E-state index contributed by atoms with van der Waals surface area (Å²) in [7, 11) is 0. The van der Waals surface area contributed by atoms with Crippen LogP contribution in [0.25, 0.3) is 11.0 Å². The van der Waals surface area contributed by atoms with Crippen LogP contribution in [0, 0.1) is 13.8 Å². The van der Waals surface area contributed by atoms with Gasteiger partial charge in [-0.1, -0.05) is 11.6 Å². The third-order valence-corrected chi connectivity index (χ3v) is 4.83. The van der Waals surface area contributed by atoms with Crippen LogP contribution in [-0.2, 0) is 4.79 Å². The lowest BCUT2D eigenvalue weighted by Gasteiger charge is -2.32. The number of piperidine rings is 1. The lowest BCUT2D eigenvalue weighted by molar-refractivity contribution is -0.130. The summed E-state index contributed by atoms with van der Waals surface area (Å²) in [6.45, 7) is 6.66. The zero-order valence-electron chi connectivity index (χ0n) is 14.1. The molecule has 3 rings (SSSR count). The van der Waals surface area contributed by atoms with E-state index in [1.54, 1.807) is 11.8 Å². The molecule has 1 aromatic carbocycles. The third kappa shape index (κ3) is 3.13. The quantitative estimate of drug-likeness (QED) is 0.904. The molecule has 1 saturated heterocycles. The fourth-order valence-electron chi connectivity index (χ4n) is 3.26. The van der Waals surface area contributed by atoms with Crippen LogP contribution in [0.1, 0.15) is 41.4 Å². The maximum Gasteiger partial charge on any atom is 0.287 e. The Morgan fingerprint density at radius 1 is 1.33 bits per heavy atom. The average Bonchev–Trinajstić information content (AvgIpc) is 2.85. The molecule has 0 bridgehead atoms. The number of aryl methyl sites for hydroxylation is 2. The second-order valence-electron chi connectivity index (χ2n) is 6.46. The van der Waals surface area contributed by atoms with Gasteiger partial charge in [-0.05, 0) is 44.4 Å². The fourth-order valence-corrected chi connectivity index (χ4v) is 3.57. The number of amides is 2. The maximum absolute atomic E-state index is 12.6. The number of benzene rings is 1. The van der Waals surface area contributed by atoms with Crippen molar-refractivity contribution >= 4 is 34.4 Å². The van der Waals surface area contributed by atoms with Crippen molar-refractivity contribution in [1.29, 1.82) is 0 Å². The molecule has 0 unspecified atom stereocenters. The molecule has 128 valence electrons. The van der Waals surface area contributed by atoms with E-state index in [0.717, 1.165) is 35.9 Å². The van der Waals surface area contributed by atoms with E-state index in [1.165, 1.54) is 0 Å². The van der Waals surface area contributed by atoms with Gasteiger partial charge >= 0.3 is 0 Å². The number of likely N-dealkylation sites (tertiary alicyclic amines) is 1. The van der Waals surface area contributed by atoms with Crippen molar-refractivity contribution in [2.24, 2.45) is 0 Å². The van der Waals surface area contributed by atoms with E-state index in [9.17, 15) is 9.59 Å². The van der Waals surface area contributed by atoms with Crippen molar-refractivity contribution in [3.8, 4) is 0 Å². The van der Waals surface area contributed by atoms with Gasteiger partial charge in [0, 0.05) is 37.0 Å². The van der Waals surface area contributed by atoms with Gasteiger partial charge in [0.2, 0.25) is 5.91 Å². The second kappa shape index (κ2) is 6.48. The summed E-state index contributed by atoms with van der Waals surface area (Å²) < 4.78 is 5.74. The van der Waals surface area contributed by atoms with Crippen LogP contribution in [0.2, 0.25) is 5.02 Å². The van der Waals surface area contributed by atoms with Gasteiger partial charge in [0.05, 0.1) is 5.02 Å². The highest BCUT2D eigenvalue weighted by Gasteiger charge is 2.26. The molecule has 6 heteroatoms. The van der Waals surface area contributed by atoms with E-state index in [-0.39, 0.29) is 23.6 Å². The highest BCUT2D eigenvalue weighted by Crippen LogP contribution is 2.32. The average molecular weight is 349 g/mol. The summed E-state index contributed by atoms with van der Waals surface area (Å²) in [6, 6.07) is 3.73. The molecule has 1 aliphatic rings. The largest absolute Gasteiger partial charge is 0.449 e. The number of carbonyl (C=O) groups excluding carboxylic acids is 2. The van der Waals surface area contributed by atoms with Gasteiger partial charge in [-0.2, -0.15) is 0 Å². The molecule has 1 atom stereocenters.